The van der Waals surface area contributed by atoms with E-state index in [1.54, 1.807) is 0 Å². The molecule has 0 aliphatic heterocycles. The van der Waals surface area contributed by atoms with Crippen LogP contribution >= 0.6 is 18.2 Å². The monoisotopic (exact) mass is 443 g/mol. The van der Waals surface area contributed by atoms with Crippen LogP contribution in [0.15, 0.2) is 42.5 Å². The maximum Gasteiger partial charge on any atom is 0.419 e. The van der Waals surface area contributed by atoms with Gasteiger partial charge in [0.2, 0.25) is 0 Å². The van der Waals surface area contributed by atoms with E-state index in [0.717, 1.165) is 36.8 Å². The zero-order chi connectivity index (χ0) is 21.9. The molecular weight excluding hydrogens is 413 g/mol. The summed E-state index contributed by atoms with van der Waals surface area (Å²) in [5.41, 5.74) is 0.990. The minimum Gasteiger partial charge on any atom is -0.464 e. The first-order chi connectivity index (χ1) is 13.6. The molecule has 0 aliphatic carbocycles. The highest BCUT2D eigenvalue weighted by Crippen LogP contribution is 2.39. The molecule has 8 heteroatoms. The van der Waals surface area contributed by atoms with Crippen LogP contribution in [0.3, 0.4) is 0 Å². The normalized spacial score (nSPS) is 12.2. The SMILES string of the molecule is CCCCCOC(=O)[C@H](CC(C)C)Nc1cccc2ccccc12.O=P(O)(O)Cl. The van der Waals surface area contributed by atoms with Crippen LogP contribution < -0.4 is 5.32 Å². The van der Waals surface area contributed by atoms with Gasteiger partial charge in [0, 0.05) is 22.3 Å². The van der Waals surface area contributed by atoms with Crippen molar-refractivity contribution in [3.8, 4) is 0 Å². The maximum absolute atomic E-state index is 12.5. The number of hydrogen-bond donors (Lipinski definition) is 3. The maximum atomic E-state index is 12.5. The topological polar surface area (TPSA) is 95.9 Å². The van der Waals surface area contributed by atoms with Crippen LogP contribution in [0.5, 0.6) is 0 Å². The minimum absolute atomic E-state index is 0.146. The van der Waals surface area contributed by atoms with E-state index in [-0.39, 0.29) is 12.0 Å². The largest absolute Gasteiger partial charge is 0.464 e. The van der Waals surface area contributed by atoms with E-state index in [0.29, 0.717) is 12.5 Å². The second-order valence-electron chi connectivity index (χ2n) is 7.20. The molecule has 29 heavy (non-hydrogen) atoms. The Hall–Kier alpha value is -1.59. The summed E-state index contributed by atoms with van der Waals surface area (Å²) in [6, 6.07) is 14.0. The van der Waals surface area contributed by atoms with Crippen molar-refractivity contribution in [2.24, 2.45) is 5.92 Å². The van der Waals surface area contributed by atoms with Crippen molar-refractivity contribution in [2.45, 2.75) is 52.5 Å². The Morgan fingerprint density at radius 2 is 1.76 bits per heavy atom. The second kappa shape index (κ2) is 12.9. The Morgan fingerprint density at radius 3 is 2.38 bits per heavy atom. The van der Waals surface area contributed by atoms with E-state index in [9.17, 15) is 4.79 Å². The average molecular weight is 444 g/mol. The highest BCUT2D eigenvalue weighted by Gasteiger charge is 2.21. The fraction of sp³-hybridized carbons (Fsp3) is 0.476. The Bertz CT molecular complexity index is 795. The predicted molar refractivity (Wildman–Crippen MR) is 119 cm³/mol. The van der Waals surface area contributed by atoms with Gasteiger partial charge in [-0.15, -0.1) is 0 Å². The molecule has 0 saturated carbocycles. The van der Waals surface area contributed by atoms with E-state index >= 15 is 0 Å². The van der Waals surface area contributed by atoms with Gasteiger partial charge >= 0.3 is 12.9 Å². The summed E-state index contributed by atoms with van der Waals surface area (Å²) in [5, 5.41) is 5.72. The number of nitrogens with one attached hydrogen (secondary N) is 1. The fourth-order valence-corrected chi connectivity index (χ4v) is 2.85. The van der Waals surface area contributed by atoms with Gasteiger partial charge in [-0.05, 0) is 30.2 Å². The number of esters is 1. The summed E-state index contributed by atoms with van der Waals surface area (Å²) >= 11 is 4.20. The first-order valence-electron chi connectivity index (χ1n) is 9.78. The van der Waals surface area contributed by atoms with Crippen LogP contribution in [0, 0.1) is 5.92 Å². The van der Waals surface area contributed by atoms with Gasteiger partial charge in [0.15, 0.2) is 0 Å². The smallest absolute Gasteiger partial charge is 0.419 e. The number of rotatable bonds is 9. The molecule has 2 rings (SSSR count). The molecule has 2 aromatic rings. The van der Waals surface area contributed by atoms with Gasteiger partial charge in [-0.2, -0.15) is 0 Å². The Kier molecular flexibility index (Phi) is 11.3. The Labute approximate surface area is 177 Å². The molecule has 0 amide bonds. The van der Waals surface area contributed by atoms with E-state index in [1.807, 2.05) is 24.3 Å². The van der Waals surface area contributed by atoms with E-state index in [4.69, 9.17) is 19.1 Å². The lowest BCUT2D eigenvalue weighted by Gasteiger charge is -2.21. The van der Waals surface area contributed by atoms with E-state index in [1.165, 1.54) is 5.39 Å². The highest BCUT2D eigenvalue weighted by atomic mass is 35.7. The lowest BCUT2D eigenvalue weighted by atomic mass is 10.0. The Balaban J connectivity index is 0.000000749. The molecule has 0 saturated heterocycles. The van der Waals surface area contributed by atoms with Crippen molar-refractivity contribution in [3.63, 3.8) is 0 Å². The van der Waals surface area contributed by atoms with Crippen LogP contribution in [0.4, 0.5) is 5.69 Å². The molecule has 0 radical (unpaired) electrons. The number of hydrogen-bond acceptors (Lipinski definition) is 4. The third kappa shape index (κ3) is 11.2. The Morgan fingerprint density at radius 1 is 1.14 bits per heavy atom. The van der Waals surface area contributed by atoms with Gasteiger partial charge in [0.1, 0.15) is 6.04 Å². The van der Waals surface area contributed by atoms with Crippen LogP contribution in [0.1, 0.15) is 46.5 Å². The molecule has 2 aromatic carbocycles. The minimum atomic E-state index is -4.17. The molecular formula is C21H31ClNO5P. The van der Waals surface area contributed by atoms with Crippen molar-refractivity contribution in [3.05, 3.63) is 42.5 Å². The second-order valence-corrected chi connectivity index (χ2v) is 9.47. The quantitative estimate of drug-likeness (QED) is 0.260. The molecule has 0 aliphatic rings. The van der Waals surface area contributed by atoms with Crippen molar-refractivity contribution in [2.75, 3.05) is 11.9 Å². The zero-order valence-corrected chi connectivity index (χ0v) is 18.8. The lowest BCUT2D eigenvalue weighted by molar-refractivity contribution is -0.145. The number of carbonyl (C=O) groups is 1. The van der Waals surface area contributed by atoms with Crippen LogP contribution in [0.2, 0.25) is 0 Å². The summed E-state index contributed by atoms with van der Waals surface area (Å²) in [7, 11) is 0. The third-order valence-corrected chi connectivity index (χ3v) is 4.10. The number of fused-ring (bicyclic) bond motifs is 1. The summed E-state index contributed by atoms with van der Waals surface area (Å²) < 4.78 is 14.6. The van der Waals surface area contributed by atoms with Crippen molar-refractivity contribution in [1.82, 2.24) is 0 Å². The third-order valence-electron chi connectivity index (χ3n) is 4.10. The van der Waals surface area contributed by atoms with Gasteiger partial charge < -0.3 is 19.8 Å². The molecule has 0 spiro atoms. The number of halogens is 1. The molecule has 1 atom stereocenters. The number of carbonyl (C=O) groups excluding carboxylic acids is 1. The standard InChI is InChI=1S/C21H29NO2.ClH2O3P/c1-4-5-8-14-24-21(23)20(15-16(2)3)22-19-13-9-11-17-10-6-7-12-18(17)19;1-5(2,3)4/h6-7,9-13,16,20,22H,4-5,8,14-15H2,1-3H3;(H2,2,3,4)/t20-;/m0./s1. The summed E-state index contributed by atoms with van der Waals surface area (Å²) in [5.74, 6) is 0.272. The number of anilines is 1. The predicted octanol–water partition coefficient (Wildman–Crippen LogP) is 5.72. The molecule has 0 aromatic heterocycles. The fourth-order valence-electron chi connectivity index (χ4n) is 2.85. The van der Waals surface area contributed by atoms with Gasteiger partial charge in [0.25, 0.3) is 0 Å². The number of unbranched alkanes of at least 4 members (excludes halogenated alkanes) is 2. The van der Waals surface area contributed by atoms with Gasteiger partial charge in [0.05, 0.1) is 6.61 Å². The van der Waals surface area contributed by atoms with Crippen molar-refractivity contribution < 1.29 is 23.9 Å². The van der Waals surface area contributed by atoms with Crippen molar-refractivity contribution >= 4 is 40.6 Å². The van der Waals surface area contributed by atoms with Gasteiger partial charge in [-0.1, -0.05) is 70.0 Å². The van der Waals surface area contributed by atoms with Crippen LogP contribution in [0.25, 0.3) is 10.8 Å². The van der Waals surface area contributed by atoms with E-state index in [2.05, 4.69) is 55.5 Å². The summed E-state index contributed by atoms with van der Waals surface area (Å²) in [6.07, 6.45) is 3.92. The average Bonchev–Trinajstić information content (AvgIpc) is 2.63. The van der Waals surface area contributed by atoms with E-state index < -0.39 is 6.95 Å². The highest BCUT2D eigenvalue weighted by molar-refractivity contribution is 7.79. The molecule has 0 fully saturated rings. The van der Waals surface area contributed by atoms with Gasteiger partial charge in [-0.3, -0.25) is 0 Å². The van der Waals surface area contributed by atoms with Crippen LogP contribution in [-0.2, 0) is 14.1 Å². The molecule has 0 unspecified atom stereocenters. The van der Waals surface area contributed by atoms with Gasteiger partial charge in [-0.25, -0.2) is 9.36 Å². The number of benzene rings is 2. The molecule has 3 N–H and O–H groups in total. The molecule has 6 nitrogen and oxygen atoms in total. The summed E-state index contributed by atoms with van der Waals surface area (Å²) in [4.78, 5) is 27.3. The summed E-state index contributed by atoms with van der Waals surface area (Å²) in [6.45, 7) is 2.74. The van der Waals surface area contributed by atoms with Crippen molar-refractivity contribution in [1.29, 1.82) is 0 Å². The van der Waals surface area contributed by atoms with Crippen LogP contribution in [-0.4, -0.2) is 28.4 Å². The molecule has 162 valence electrons. The first-order valence-corrected chi connectivity index (χ1v) is 12.3. The first kappa shape index (κ1) is 25.4. The zero-order valence-electron chi connectivity index (χ0n) is 17.2. The number of ether oxygens (including phenoxy) is 1. The molecule has 0 heterocycles. The lowest BCUT2D eigenvalue weighted by Crippen LogP contribution is -2.33. The molecule has 0 bridgehead atoms.